The van der Waals surface area contributed by atoms with Crippen LogP contribution in [0.15, 0.2) is 65.1 Å². The Morgan fingerprint density at radius 1 is 0.944 bits per heavy atom. The second-order valence-electron chi connectivity index (χ2n) is 4.04. The molecule has 0 fully saturated rings. The molecule has 0 bridgehead atoms. The summed E-state index contributed by atoms with van der Waals surface area (Å²) >= 11 is 0. The predicted octanol–water partition coefficient (Wildman–Crippen LogP) is 4.90. The van der Waals surface area contributed by atoms with E-state index in [1.54, 1.807) is 24.3 Å². The summed E-state index contributed by atoms with van der Waals surface area (Å²) < 4.78 is 19.5. The van der Waals surface area contributed by atoms with Crippen LogP contribution >= 0.6 is 0 Å². The Morgan fingerprint density at radius 2 is 1.67 bits per heavy atom. The Kier molecular flexibility index (Phi) is 2.69. The van der Waals surface area contributed by atoms with Crippen LogP contribution in [0.4, 0.5) is 4.39 Å². The van der Waals surface area contributed by atoms with Crippen LogP contribution in [0.2, 0.25) is 0 Å². The van der Waals surface area contributed by atoms with Crippen molar-refractivity contribution < 1.29 is 8.81 Å². The van der Waals surface area contributed by atoms with E-state index in [1.165, 1.54) is 6.08 Å². The van der Waals surface area contributed by atoms with Crippen LogP contribution < -0.4 is 0 Å². The standard InChI is InChI=1S/C16H11FO/c17-15(12-6-2-1-3-7-12)11-14-10-13-8-4-5-9-16(13)18-14/h1-11H/b15-11+. The maximum atomic E-state index is 14.0. The minimum absolute atomic E-state index is 0.297. The topological polar surface area (TPSA) is 13.1 Å². The molecule has 3 rings (SSSR count). The Balaban J connectivity index is 2.00. The van der Waals surface area contributed by atoms with Gasteiger partial charge in [0.15, 0.2) is 0 Å². The molecule has 2 aromatic carbocycles. The molecule has 0 radical (unpaired) electrons. The molecule has 3 aromatic rings. The van der Waals surface area contributed by atoms with Gasteiger partial charge >= 0.3 is 0 Å². The van der Waals surface area contributed by atoms with Gasteiger partial charge in [-0.25, -0.2) is 4.39 Å². The Labute approximate surface area is 104 Å². The summed E-state index contributed by atoms with van der Waals surface area (Å²) in [6.07, 6.45) is 1.41. The zero-order valence-corrected chi connectivity index (χ0v) is 9.64. The summed E-state index contributed by atoms with van der Waals surface area (Å²) in [6.45, 7) is 0. The lowest BCUT2D eigenvalue weighted by Gasteiger charge is -1.95. The van der Waals surface area contributed by atoms with Crippen molar-refractivity contribution in [3.63, 3.8) is 0 Å². The van der Waals surface area contributed by atoms with Gasteiger partial charge < -0.3 is 4.42 Å². The molecule has 0 amide bonds. The molecule has 0 unspecified atom stereocenters. The molecule has 0 aliphatic carbocycles. The highest BCUT2D eigenvalue weighted by molar-refractivity contribution is 5.83. The third kappa shape index (κ3) is 2.05. The van der Waals surface area contributed by atoms with Crippen molar-refractivity contribution in [1.29, 1.82) is 0 Å². The summed E-state index contributed by atoms with van der Waals surface area (Å²) in [6, 6.07) is 18.4. The molecule has 2 heteroatoms. The smallest absolute Gasteiger partial charge is 0.134 e. The first-order chi connectivity index (χ1) is 8.83. The van der Waals surface area contributed by atoms with Crippen LogP contribution in [0.5, 0.6) is 0 Å². The van der Waals surface area contributed by atoms with Gasteiger partial charge in [-0.3, -0.25) is 0 Å². The quantitative estimate of drug-likeness (QED) is 0.618. The van der Waals surface area contributed by atoms with Gasteiger partial charge in [-0.2, -0.15) is 0 Å². The van der Waals surface area contributed by atoms with E-state index in [0.717, 1.165) is 11.0 Å². The van der Waals surface area contributed by atoms with Crippen LogP contribution in [-0.2, 0) is 0 Å². The second-order valence-corrected chi connectivity index (χ2v) is 4.04. The number of rotatable bonds is 2. The molecular weight excluding hydrogens is 227 g/mol. The minimum atomic E-state index is -0.297. The molecule has 1 heterocycles. The van der Waals surface area contributed by atoms with Crippen LogP contribution in [0.1, 0.15) is 11.3 Å². The van der Waals surface area contributed by atoms with E-state index in [9.17, 15) is 4.39 Å². The SMILES string of the molecule is F/C(=C/c1cc2ccccc2o1)c1ccccc1. The van der Waals surface area contributed by atoms with Crippen molar-refractivity contribution in [3.05, 3.63) is 72.0 Å². The molecule has 0 spiro atoms. The van der Waals surface area contributed by atoms with E-state index in [-0.39, 0.29) is 5.83 Å². The molecule has 1 nitrogen and oxygen atoms in total. The molecule has 0 saturated carbocycles. The zero-order valence-electron chi connectivity index (χ0n) is 9.64. The van der Waals surface area contributed by atoms with Crippen molar-refractivity contribution >= 4 is 22.9 Å². The van der Waals surface area contributed by atoms with Crippen molar-refractivity contribution in [3.8, 4) is 0 Å². The molecule has 0 saturated heterocycles. The molecule has 1 aromatic heterocycles. The number of para-hydroxylation sites is 1. The van der Waals surface area contributed by atoms with E-state index < -0.39 is 0 Å². The number of benzene rings is 2. The van der Waals surface area contributed by atoms with E-state index in [2.05, 4.69) is 0 Å². The van der Waals surface area contributed by atoms with E-state index in [0.29, 0.717) is 11.3 Å². The third-order valence-electron chi connectivity index (χ3n) is 2.76. The first kappa shape index (κ1) is 10.8. The van der Waals surface area contributed by atoms with Crippen molar-refractivity contribution in [2.24, 2.45) is 0 Å². The number of hydrogen-bond acceptors (Lipinski definition) is 1. The summed E-state index contributed by atoms with van der Waals surface area (Å²) in [7, 11) is 0. The lowest BCUT2D eigenvalue weighted by Crippen LogP contribution is -1.75. The van der Waals surface area contributed by atoms with Crippen LogP contribution in [0, 0.1) is 0 Å². The van der Waals surface area contributed by atoms with Gasteiger partial charge in [-0.15, -0.1) is 0 Å². The average molecular weight is 238 g/mol. The summed E-state index contributed by atoms with van der Waals surface area (Å²) in [5, 5.41) is 0.976. The maximum Gasteiger partial charge on any atom is 0.134 e. The first-order valence-corrected chi connectivity index (χ1v) is 5.74. The second kappa shape index (κ2) is 4.49. The molecule has 88 valence electrons. The number of fused-ring (bicyclic) bond motifs is 1. The summed E-state index contributed by atoms with van der Waals surface area (Å²) in [5.74, 6) is 0.229. The molecule has 18 heavy (non-hydrogen) atoms. The van der Waals surface area contributed by atoms with Gasteiger partial charge in [-0.05, 0) is 12.1 Å². The number of furan rings is 1. The van der Waals surface area contributed by atoms with E-state index >= 15 is 0 Å². The third-order valence-corrected chi connectivity index (χ3v) is 2.76. The fourth-order valence-electron chi connectivity index (χ4n) is 1.88. The average Bonchev–Trinajstić information content (AvgIpc) is 2.82. The van der Waals surface area contributed by atoms with E-state index in [4.69, 9.17) is 4.42 Å². The highest BCUT2D eigenvalue weighted by Crippen LogP contribution is 2.24. The highest BCUT2D eigenvalue weighted by atomic mass is 19.1. The number of halogens is 1. The maximum absolute atomic E-state index is 14.0. The van der Waals surface area contributed by atoms with Gasteiger partial charge in [0, 0.05) is 17.0 Å². The molecule has 0 atom stereocenters. The predicted molar refractivity (Wildman–Crippen MR) is 71.6 cm³/mol. The van der Waals surface area contributed by atoms with Crippen LogP contribution in [0.25, 0.3) is 22.9 Å². The zero-order chi connectivity index (χ0) is 12.4. The van der Waals surface area contributed by atoms with Crippen molar-refractivity contribution in [2.75, 3.05) is 0 Å². The molecule has 0 aliphatic rings. The summed E-state index contributed by atoms with van der Waals surface area (Å²) in [4.78, 5) is 0. The van der Waals surface area contributed by atoms with Gasteiger partial charge in [0.05, 0.1) is 0 Å². The van der Waals surface area contributed by atoms with Crippen molar-refractivity contribution in [2.45, 2.75) is 0 Å². The van der Waals surface area contributed by atoms with Crippen LogP contribution in [0.3, 0.4) is 0 Å². The number of hydrogen-bond donors (Lipinski definition) is 0. The molecule has 0 N–H and O–H groups in total. The summed E-state index contributed by atoms with van der Waals surface area (Å²) in [5.41, 5.74) is 1.32. The van der Waals surface area contributed by atoms with E-state index in [1.807, 2.05) is 36.4 Å². The lowest BCUT2D eigenvalue weighted by atomic mass is 10.2. The highest BCUT2D eigenvalue weighted by Gasteiger charge is 2.04. The first-order valence-electron chi connectivity index (χ1n) is 5.74. The lowest BCUT2D eigenvalue weighted by molar-refractivity contribution is 0.603. The van der Waals surface area contributed by atoms with Gasteiger partial charge in [0.25, 0.3) is 0 Å². The fraction of sp³-hybridized carbons (Fsp3) is 0. The molecular formula is C16H11FO. The van der Waals surface area contributed by atoms with Crippen molar-refractivity contribution in [1.82, 2.24) is 0 Å². The Bertz CT molecular complexity index is 662. The molecule has 0 aliphatic heterocycles. The van der Waals surface area contributed by atoms with Crippen LogP contribution in [-0.4, -0.2) is 0 Å². The Morgan fingerprint density at radius 3 is 2.44 bits per heavy atom. The monoisotopic (exact) mass is 238 g/mol. The fourth-order valence-corrected chi connectivity index (χ4v) is 1.88. The van der Waals surface area contributed by atoms with Gasteiger partial charge in [-0.1, -0.05) is 48.5 Å². The largest absolute Gasteiger partial charge is 0.457 e. The minimum Gasteiger partial charge on any atom is -0.457 e. The van der Waals surface area contributed by atoms with Gasteiger partial charge in [0.2, 0.25) is 0 Å². The Hall–Kier alpha value is -2.35. The normalized spacial score (nSPS) is 11.9. The van der Waals surface area contributed by atoms with Gasteiger partial charge in [0.1, 0.15) is 17.2 Å².